The molecule has 1 aliphatic carbocycles. The van der Waals surface area contributed by atoms with Crippen LogP contribution in [-0.4, -0.2) is 11.7 Å². The third-order valence-corrected chi connectivity index (χ3v) is 3.90. The molecule has 1 saturated carbocycles. The Morgan fingerprint density at radius 1 is 1.31 bits per heavy atom. The monoisotopic (exact) mass is 219 g/mol. The number of phenols is 1. The molecule has 0 aromatic heterocycles. The molecule has 0 unspecified atom stereocenters. The highest BCUT2D eigenvalue weighted by Gasteiger charge is 2.44. The van der Waals surface area contributed by atoms with Gasteiger partial charge < -0.3 is 10.4 Å². The average molecular weight is 219 g/mol. The molecule has 0 radical (unpaired) electrons. The molecule has 0 amide bonds. The van der Waals surface area contributed by atoms with Gasteiger partial charge in [0.15, 0.2) is 0 Å². The first-order valence-corrected chi connectivity index (χ1v) is 6.12. The minimum Gasteiger partial charge on any atom is -0.508 e. The lowest BCUT2D eigenvalue weighted by Crippen LogP contribution is -2.27. The maximum absolute atomic E-state index is 9.62. The molecule has 0 aliphatic heterocycles. The molecule has 16 heavy (non-hydrogen) atoms. The lowest BCUT2D eigenvalue weighted by atomic mass is 9.92. The van der Waals surface area contributed by atoms with Crippen molar-refractivity contribution in [1.29, 1.82) is 0 Å². The fourth-order valence-electron chi connectivity index (χ4n) is 2.23. The minimum absolute atomic E-state index is 0.393. The van der Waals surface area contributed by atoms with Gasteiger partial charge in [-0.05, 0) is 30.2 Å². The molecule has 1 aromatic rings. The molecule has 88 valence electrons. The van der Waals surface area contributed by atoms with Gasteiger partial charge in [-0.25, -0.2) is 0 Å². The van der Waals surface area contributed by atoms with Crippen LogP contribution in [0, 0.1) is 11.3 Å². The maximum Gasteiger partial charge on any atom is 0.120 e. The molecule has 0 spiro atoms. The fourth-order valence-corrected chi connectivity index (χ4v) is 2.23. The molecule has 2 rings (SSSR count). The van der Waals surface area contributed by atoms with E-state index in [2.05, 4.69) is 19.2 Å². The average Bonchev–Trinajstić information content (AvgIpc) is 3.02. The molecule has 0 atom stereocenters. The molecule has 1 fully saturated rings. The van der Waals surface area contributed by atoms with Crippen molar-refractivity contribution < 1.29 is 5.11 Å². The van der Waals surface area contributed by atoms with Crippen LogP contribution in [0.3, 0.4) is 0 Å². The summed E-state index contributed by atoms with van der Waals surface area (Å²) in [5.41, 5.74) is 1.52. The Balaban J connectivity index is 1.83. The molecule has 1 aromatic carbocycles. The quantitative estimate of drug-likeness (QED) is 0.798. The summed E-state index contributed by atoms with van der Waals surface area (Å²) in [6, 6.07) is 7.53. The zero-order chi connectivity index (χ0) is 11.6. The molecule has 2 nitrogen and oxygen atoms in total. The highest BCUT2D eigenvalue weighted by Crippen LogP contribution is 2.51. The maximum atomic E-state index is 9.62. The van der Waals surface area contributed by atoms with Gasteiger partial charge in [0.25, 0.3) is 0 Å². The smallest absolute Gasteiger partial charge is 0.120 e. The van der Waals surface area contributed by atoms with Crippen LogP contribution in [0.4, 0.5) is 0 Å². The normalized spacial score (nSPS) is 17.7. The van der Waals surface area contributed by atoms with E-state index in [1.165, 1.54) is 12.8 Å². The SMILES string of the molecule is CC(C)C1(CNCc2ccccc2O)CC1. The van der Waals surface area contributed by atoms with Crippen LogP contribution in [0.5, 0.6) is 5.75 Å². The molecule has 2 N–H and O–H groups in total. The van der Waals surface area contributed by atoms with Crippen molar-refractivity contribution in [3.63, 3.8) is 0 Å². The molecule has 0 saturated heterocycles. The number of hydrogen-bond donors (Lipinski definition) is 2. The van der Waals surface area contributed by atoms with Crippen molar-refractivity contribution >= 4 is 0 Å². The number of aromatic hydroxyl groups is 1. The van der Waals surface area contributed by atoms with Gasteiger partial charge in [-0.3, -0.25) is 0 Å². The Morgan fingerprint density at radius 3 is 2.56 bits per heavy atom. The number of hydrogen-bond acceptors (Lipinski definition) is 2. The topological polar surface area (TPSA) is 32.3 Å². The number of rotatable bonds is 5. The predicted octanol–water partition coefficient (Wildman–Crippen LogP) is 2.92. The van der Waals surface area contributed by atoms with Crippen LogP contribution in [0.1, 0.15) is 32.3 Å². The van der Waals surface area contributed by atoms with Crippen molar-refractivity contribution in [2.24, 2.45) is 11.3 Å². The Morgan fingerprint density at radius 2 is 2.00 bits per heavy atom. The van der Waals surface area contributed by atoms with E-state index in [0.717, 1.165) is 24.6 Å². The summed E-state index contributed by atoms with van der Waals surface area (Å²) >= 11 is 0. The van der Waals surface area contributed by atoms with Gasteiger partial charge in [0, 0.05) is 18.7 Å². The molecular formula is C14H21NO. The minimum atomic E-state index is 0.393. The van der Waals surface area contributed by atoms with Crippen LogP contribution in [0.25, 0.3) is 0 Å². The van der Waals surface area contributed by atoms with Crippen molar-refractivity contribution in [2.75, 3.05) is 6.54 Å². The molecule has 0 heterocycles. The Labute approximate surface area is 97.7 Å². The first kappa shape index (κ1) is 11.5. The van der Waals surface area contributed by atoms with Crippen molar-refractivity contribution in [1.82, 2.24) is 5.32 Å². The summed E-state index contributed by atoms with van der Waals surface area (Å²) in [6.45, 7) is 6.43. The Hall–Kier alpha value is -1.02. The lowest BCUT2D eigenvalue weighted by molar-refractivity contribution is 0.336. The van der Waals surface area contributed by atoms with E-state index in [0.29, 0.717) is 11.2 Å². The summed E-state index contributed by atoms with van der Waals surface area (Å²) < 4.78 is 0. The largest absolute Gasteiger partial charge is 0.508 e. The van der Waals surface area contributed by atoms with Crippen molar-refractivity contribution in [3.05, 3.63) is 29.8 Å². The van der Waals surface area contributed by atoms with Crippen LogP contribution < -0.4 is 5.32 Å². The second-order valence-corrected chi connectivity index (χ2v) is 5.25. The van der Waals surface area contributed by atoms with Gasteiger partial charge in [0.1, 0.15) is 5.75 Å². The van der Waals surface area contributed by atoms with E-state index < -0.39 is 0 Å². The third-order valence-electron chi connectivity index (χ3n) is 3.90. The van der Waals surface area contributed by atoms with Gasteiger partial charge in [-0.15, -0.1) is 0 Å². The Kier molecular flexibility index (Phi) is 3.20. The van der Waals surface area contributed by atoms with Crippen LogP contribution >= 0.6 is 0 Å². The second kappa shape index (κ2) is 4.46. The molecule has 2 heteroatoms. The summed E-state index contributed by atoms with van der Waals surface area (Å²) in [6.07, 6.45) is 2.69. The van der Waals surface area contributed by atoms with Crippen molar-refractivity contribution in [2.45, 2.75) is 33.2 Å². The van der Waals surface area contributed by atoms with Gasteiger partial charge in [0.05, 0.1) is 0 Å². The third kappa shape index (κ3) is 2.38. The highest BCUT2D eigenvalue weighted by atomic mass is 16.3. The van der Waals surface area contributed by atoms with Crippen LogP contribution in [-0.2, 0) is 6.54 Å². The zero-order valence-electron chi connectivity index (χ0n) is 10.2. The molecule has 0 bridgehead atoms. The standard InChI is InChI=1S/C14H21NO/c1-11(2)14(7-8-14)10-15-9-12-5-3-4-6-13(12)16/h3-6,11,15-16H,7-10H2,1-2H3. The highest BCUT2D eigenvalue weighted by molar-refractivity contribution is 5.31. The van der Waals surface area contributed by atoms with E-state index in [-0.39, 0.29) is 0 Å². The van der Waals surface area contributed by atoms with Gasteiger partial charge in [0.2, 0.25) is 0 Å². The second-order valence-electron chi connectivity index (χ2n) is 5.25. The number of para-hydroxylation sites is 1. The first-order valence-electron chi connectivity index (χ1n) is 6.12. The van der Waals surface area contributed by atoms with Gasteiger partial charge >= 0.3 is 0 Å². The van der Waals surface area contributed by atoms with Crippen molar-refractivity contribution in [3.8, 4) is 5.75 Å². The van der Waals surface area contributed by atoms with Crippen LogP contribution in [0.15, 0.2) is 24.3 Å². The van der Waals surface area contributed by atoms with E-state index in [4.69, 9.17) is 0 Å². The van der Waals surface area contributed by atoms with E-state index >= 15 is 0 Å². The van der Waals surface area contributed by atoms with E-state index in [1.807, 2.05) is 18.2 Å². The molecule has 1 aliphatic rings. The lowest BCUT2D eigenvalue weighted by Gasteiger charge is -2.20. The fraction of sp³-hybridized carbons (Fsp3) is 0.571. The number of benzene rings is 1. The summed E-state index contributed by atoms with van der Waals surface area (Å²) in [5, 5.41) is 13.1. The van der Waals surface area contributed by atoms with E-state index in [1.54, 1.807) is 6.07 Å². The summed E-state index contributed by atoms with van der Waals surface area (Å²) in [4.78, 5) is 0. The first-order chi connectivity index (χ1) is 7.64. The number of phenolic OH excluding ortho intramolecular Hbond substituents is 1. The van der Waals surface area contributed by atoms with E-state index in [9.17, 15) is 5.11 Å². The number of nitrogens with one attached hydrogen (secondary N) is 1. The van der Waals surface area contributed by atoms with Crippen LogP contribution in [0.2, 0.25) is 0 Å². The Bertz CT molecular complexity index is 356. The molecular weight excluding hydrogens is 198 g/mol. The zero-order valence-corrected chi connectivity index (χ0v) is 10.2. The summed E-state index contributed by atoms with van der Waals surface area (Å²) in [7, 11) is 0. The van der Waals surface area contributed by atoms with Gasteiger partial charge in [-0.2, -0.15) is 0 Å². The predicted molar refractivity (Wildman–Crippen MR) is 66.3 cm³/mol. The summed E-state index contributed by atoms with van der Waals surface area (Å²) in [5.74, 6) is 1.15. The van der Waals surface area contributed by atoms with Gasteiger partial charge in [-0.1, -0.05) is 32.0 Å².